The molecule has 2 atom stereocenters. The number of aliphatic carboxylic acids is 1. The number of hydrogen-bond acceptors (Lipinski definition) is 4. The number of carboxylic acids is 1. The van der Waals surface area contributed by atoms with Gasteiger partial charge in [0.1, 0.15) is 5.41 Å². The van der Waals surface area contributed by atoms with Crippen LogP contribution in [0.1, 0.15) is 20.8 Å². The van der Waals surface area contributed by atoms with Gasteiger partial charge in [-0.1, -0.05) is 0 Å². The van der Waals surface area contributed by atoms with Crippen molar-refractivity contribution in [2.24, 2.45) is 5.41 Å². The minimum Gasteiger partial charge on any atom is -0.481 e. The smallest absolute Gasteiger partial charge is 0.315 e. The number of amides is 2. The number of rotatable bonds is 6. The molecule has 7 heteroatoms. The lowest BCUT2D eigenvalue weighted by Gasteiger charge is -2.25. The molecule has 0 saturated carbocycles. The predicted octanol–water partition coefficient (Wildman–Crippen LogP) is 0.200. The Balaban J connectivity index is 2.34. The summed E-state index contributed by atoms with van der Waals surface area (Å²) in [5.74, 6) is -0.974. The number of carbonyl (C=O) groups excluding carboxylic acids is 1. The lowest BCUT2D eigenvalue weighted by atomic mass is 9.85. The maximum Gasteiger partial charge on any atom is 0.315 e. The van der Waals surface area contributed by atoms with Crippen LogP contribution in [-0.4, -0.2) is 55.6 Å². The molecule has 1 aliphatic rings. The molecule has 110 valence electrons. The van der Waals surface area contributed by atoms with Gasteiger partial charge in [0.25, 0.3) is 0 Å². The third-order valence-electron chi connectivity index (χ3n) is 3.09. The normalized spacial score (nSPS) is 26.4. The van der Waals surface area contributed by atoms with Gasteiger partial charge in [-0.2, -0.15) is 0 Å². The van der Waals surface area contributed by atoms with Crippen molar-refractivity contribution in [3.8, 4) is 0 Å². The van der Waals surface area contributed by atoms with E-state index in [9.17, 15) is 9.59 Å². The van der Waals surface area contributed by atoms with Crippen LogP contribution in [0.15, 0.2) is 0 Å². The van der Waals surface area contributed by atoms with Gasteiger partial charge in [-0.3, -0.25) is 4.79 Å². The van der Waals surface area contributed by atoms with Crippen LogP contribution in [0, 0.1) is 5.41 Å². The number of nitrogens with one attached hydrogen (secondary N) is 2. The second kappa shape index (κ2) is 6.72. The number of carbonyl (C=O) groups is 2. The van der Waals surface area contributed by atoms with E-state index in [1.807, 2.05) is 13.8 Å². The third-order valence-corrected chi connectivity index (χ3v) is 3.09. The quantitative estimate of drug-likeness (QED) is 0.601. The first kappa shape index (κ1) is 15.7. The van der Waals surface area contributed by atoms with Crippen LogP contribution in [0.25, 0.3) is 0 Å². The fraction of sp³-hybridized carbons (Fsp3) is 0.833. The molecule has 0 aliphatic carbocycles. The highest BCUT2D eigenvalue weighted by Crippen LogP contribution is 2.28. The molecule has 1 saturated heterocycles. The number of hydrogen-bond donors (Lipinski definition) is 3. The second-order valence-electron chi connectivity index (χ2n) is 5.11. The molecule has 0 radical (unpaired) electrons. The van der Waals surface area contributed by atoms with Crippen molar-refractivity contribution in [2.75, 3.05) is 26.4 Å². The van der Waals surface area contributed by atoms with Gasteiger partial charge >= 0.3 is 12.0 Å². The average molecular weight is 274 g/mol. The Labute approximate surface area is 112 Å². The van der Waals surface area contributed by atoms with Crippen LogP contribution in [0.2, 0.25) is 0 Å². The lowest BCUT2D eigenvalue weighted by Crippen LogP contribution is -2.52. The predicted molar refractivity (Wildman–Crippen MR) is 68.0 cm³/mol. The molecule has 0 aromatic heterocycles. The Hall–Kier alpha value is -1.34. The molecule has 1 rings (SSSR count). The monoisotopic (exact) mass is 274 g/mol. The van der Waals surface area contributed by atoms with E-state index in [0.717, 1.165) is 0 Å². The molecule has 19 heavy (non-hydrogen) atoms. The highest BCUT2D eigenvalue weighted by atomic mass is 16.5. The Morgan fingerprint density at radius 1 is 1.53 bits per heavy atom. The van der Waals surface area contributed by atoms with Crippen LogP contribution >= 0.6 is 0 Å². The van der Waals surface area contributed by atoms with Crippen molar-refractivity contribution in [1.29, 1.82) is 0 Å². The standard InChI is InChI=1S/C12H22N2O5/c1-8(2)19-5-4-13-11(17)14-9-6-18-7-12(9,3)10(15)16/h8-9H,4-7H2,1-3H3,(H,15,16)(H2,13,14,17). The van der Waals surface area contributed by atoms with Crippen LogP contribution in [0.5, 0.6) is 0 Å². The number of carboxylic acid groups (broad SMARTS) is 1. The second-order valence-corrected chi connectivity index (χ2v) is 5.11. The molecule has 1 fully saturated rings. The van der Waals surface area contributed by atoms with Crippen LogP contribution < -0.4 is 10.6 Å². The van der Waals surface area contributed by atoms with Gasteiger partial charge in [0, 0.05) is 6.54 Å². The first-order chi connectivity index (χ1) is 8.86. The summed E-state index contributed by atoms with van der Waals surface area (Å²) in [6.45, 7) is 6.49. The van der Waals surface area contributed by atoms with E-state index in [2.05, 4.69) is 10.6 Å². The molecule has 0 aromatic rings. The molecular weight excluding hydrogens is 252 g/mol. The van der Waals surface area contributed by atoms with Crippen molar-refractivity contribution in [3.63, 3.8) is 0 Å². The van der Waals surface area contributed by atoms with Gasteiger partial charge < -0.3 is 25.2 Å². The zero-order valence-corrected chi connectivity index (χ0v) is 11.6. The maximum absolute atomic E-state index is 11.6. The summed E-state index contributed by atoms with van der Waals surface area (Å²) in [5, 5.41) is 14.4. The van der Waals surface area contributed by atoms with E-state index < -0.39 is 23.5 Å². The molecule has 2 unspecified atom stereocenters. The molecule has 2 amide bonds. The van der Waals surface area contributed by atoms with Crippen molar-refractivity contribution in [2.45, 2.75) is 32.9 Å². The Bertz CT molecular complexity index is 334. The first-order valence-corrected chi connectivity index (χ1v) is 6.33. The van der Waals surface area contributed by atoms with E-state index in [-0.39, 0.29) is 19.3 Å². The Kier molecular flexibility index (Phi) is 5.56. The SMILES string of the molecule is CC(C)OCCNC(=O)NC1COCC1(C)C(=O)O. The summed E-state index contributed by atoms with van der Waals surface area (Å²) in [6.07, 6.45) is 0.114. The fourth-order valence-corrected chi connectivity index (χ4v) is 1.75. The van der Waals surface area contributed by atoms with Crippen LogP contribution in [-0.2, 0) is 14.3 Å². The number of ether oxygens (including phenoxy) is 2. The third kappa shape index (κ3) is 4.36. The van der Waals surface area contributed by atoms with Crippen molar-refractivity contribution in [1.82, 2.24) is 10.6 Å². The van der Waals surface area contributed by atoms with Gasteiger partial charge in [0.15, 0.2) is 0 Å². The summed E-state index contributed by atoms with van der Waals surface area (Å²) < 4.78 is 10.4. The molecule has 0 spiro atoms. The van der Waals surface area contributed by atoms with E-state index in [4.69, 9.17) is 14.6 Å². The molecule has 1 aliphatic heterocycles. The molecule has 7 nitrogen and oxygen atoms in total. The topological polar surface area (TPSA) is 96.9 Å². The Morgan fingerprint density at radius 2 is 2.21 bits per heavy atom. The van der Waals surface area contributed by atoms with Gasteiger partial charge in [-0.15, -0.1) is 0 Å². The highest BCUT2D eigenvalue weighted by molar-refractivity contribution is 5.79. The maximum atomic E-state index is 11.6. The van der Waals surface area contributed by atoms with Crippen LogP contribution in [0.4, 0.5) is 4.79 Å². The van der Waals surface area contributed by atoms with Gasteiger partial charge in [0.05, 0.1) is 32.0 Å². The van der Waals surface area contributed by atoms with Gasteiger partial charge in [-0.05, 0) is 20.8 Å². The Morgan fingerprint density at radius 3 is 2.79 bits per heavy atom. The van der Waals surface area contributed by atoms with Gasteiger partial charge in [0.2, 0.25) is 0 Å². The first-order valence-electron chi connectivity index (χ1n) is 6.33. The van der Waals surface area contributed by atoms with Crippen LogP contribution in [0.3, 0.4) is 0 Å². The lowest BCUT2D eigenvalue weighted by molar-refractivity contribution is -0.148. The van der Waals surface area contributed by atoms with E-state index >= 15 is 0 Å². The van der Waals surface area contributed by atoms with Crippen molar-refractivity contribution < 1.29 is 24.2 Å². The molecular formula is C12H22N2O5. The van der Waals surface area contributed by atoms with E-state index in [1.54, 1.807) is 6.92 Å². The molecule has 0 aromatic carbocycles. The molecule has 3 N–H and O–H groups in total. The molecule has 1 heterocycles. The summed E-state index contributed by atoms with van der Waals surface area (Å²) in [4.78, 5) is 22.8. The van der Waals surface area contributed by atoms with Gasteiger partial charge in [-0.25, -0.2) is 4.79 Å². The van der Waals surface area contributed by atoms with E-state index in [0.29, 0.717) is 13.2 Å². The summed E-state index contributed by atoms with van der Waals surface area (Å²) in [5.41, 5.74) is -1.08. The number of urea groups is 1. The largest absolute Gasteiger partial charge is 0.481 e. The average Bonchev–Trinajstić information content (AvgIpc) is 2.68. The summed E-state index contributed by atoms with van der Waals surface area (Å²) in [7, 11) is 0. The molecule has 0 bridgehead atoms. The highest BCUT2D eigenvalue weighted by Gasteiger charge is 2.47. The minimum atomic E-state index is -1.08. The summed E-state index contributed by atoms with van der Waals surface area (Å²) >= 11 is 0. The van der Waals surface area contributed by atoms with Crippen molar-refractivity contribution >= 4 is 12.0 Å². The zero-order valence-electron chi connectivity index (χ0n) is 11.6. The fourth-order valence-electron chi connectivity index (χ4n) is 1.75. The minimum absolute atomic E-state index is 0.101. The zero-order chi connectivity index (χ0) is 14.5. The summed E-state index contributed by atoms with van der Waals surface area (Å²) in [6, 6.07) is -0.939. The van der Waals surface area contributed by atoms with E-state index in [1.165, 1.54) is 0 Å². The van der Waals surface area contributed by atoms with Crippen molar-refractivity contribution in [3.05, 3.63) is 0 Å².